The number of carboxylic acids is 1. The number of rotatable bonds is 15. The average molecular weight is 491 g/mol. The van der Waals surface area contributed by atoms with Crippen molar-refractivity contribution in [3.8, 4) is 11.4 Å². The minimum atomic E-state index is -0.717. The number of nitrogens with zero attached hydrogens (tertiary/aromatic N) is 2. The summed E-state index contributed by atoms with van der Waals surface area (Å²) in [5.74, 6) is 0.768. The van der Waals surface area contributed by atoms with Crippen LogP contribution in [0.3, 0.4) is 0 Å². The monoisotopic (exact) mass is 490 g/mol. The highest BCUT2D eigenvalue weighted by Crippen LogP contribution is 2.39. The molecule has 0 amide bonds. The number of aryl methyl sites for hydroxylation is 1. The van der Waals surface area contributed by atoms with Crippen LogP contribution >= 0.6 is 0 Å². The SMILES string of the molecule is CCCCCCCCC=C(C(=O)O)C1CCC(c2ccc(-c3ncc(CCCCC)cn3)cc2)CC1. The Hall–Kier alpha value is -2.49. The van der Waals surface area contributed by atoms with Crippen LogP contribution in [0.25, 0.3) is 11.4 Å². The van der Waals surface area contributed by atoms with Crippen molar-refractivity contribution < 1.29 is 9.90 Å². The van der Waals surface area contributed by atoms with E-state index in [4.69, 9.17) is 0 Å². The third-order valence-corrected chi connectivity index (χ3v) is 7.75. The Labute approximate surface area is 218 Å². The van der Waals surface area contributed by atoms with Crippen molar-refractivity contribution in [2.24, 2.45) is 5.92 Å². The van der Waals surface area contributed by atoms with Crippen LogP contribution in [0.5, 0.6) is 0 Å². The zero-order chi connectivity index (χ0) is 25.6. The molecule has 1 fully saturated rings. The standard InChI is InChI=1S/C32H46N2O2/c1-3-5-7-8-9-10-12-14-30(32(35)36)28-19-15-26(16-20-28)27-17-21-29(22-18-27)31-33-23-25(24-34-31)13-11-6-4-2/h14,17-18,21-24,26,28H,3-13,15-16,19-20H2,1-2H3,(H,35,36). The third-order valence-electron chi connectivity index (χ3n) is 7.75. The Balaban J connectivity index is 1.49. The van der Waals surface area contributed by atoms with Crippen LogP contribution < -0.4 is 0 Å². The van der Waals surface area contributed by atoms with Gasteiger partial charge in [-0.1, -0.05) is 89.1 Å². The molecule has 2 aromatic rings. The molecule has 0 unspecified atom stereocenters. The third kappa shape index (κ3) is 8.87. The quantitative estimate of drug-likeness (QED) is 0.200. The van der Waals surface area contributed by atoms with Crippen LogP contribution in [0.1, 0.15) is 121 Å². The Morgan fingerprint density at radius 2 is 1.47 bits per heavy atom. The normalized spacial score (nSPS) is 18.3. The molecule has 1 heterocycles. The number of carboxylic acid groups (broad SMARTS) is 1. The fourth-order valence-electron chi connectivity index (χ4n) is 5.47. The highest BCUT2D eigenvalue weighted by molar-refractivity contribution is 5.87. The molecule has 36 heavy (non-hydrogen) atoms. The zero-order valence-corrected chi connectivity index (χ0v) is 22.6. The second-order valence-corrected chi connectivity index (χ2v) is 10.6. The van der Waals surface area contributed by atoms with Crippen LogP contribution in [-0.4, -0.2) is 21.0 Å². The highest BCUT2D eigenvalue weighted by atomic mass is 16.4. The molecule has 1 aromatic carbocycles. The van der Waals surface area contributed by atoms with Crippen molar-refractivity contribution in [2.75, 3.05) is 0 Å². The van der Waals surface area contributed by atoms with Gasteiger partial charge in [0.15, 0.2) is 5.82 Å². The summed E-state index contributed by atoms with van der Waals surface area (Å²) in [5.41, 5.74) is 4.27. The van der Waals surface area contributed by atoms with E-state index in [1.165, 1.54) is 62.5 Å². The minimum Gasteiger partial charge on any atom is -0.478 e. The lowest BCUT2D eigenvalue weighted by molar-refractivity contribution is -0.133. The van der Waals surface area contributed by atoms with Crippen molar-refractivity contribution in [3.05, 3.63) is 59.4 Å². The molecule has 0 radical (unpaired) electrons. The topological polar surface area (TPSA) is 63.1 Å². The second kappa shape index (κ2) is 15.6. The molecule has 1 aliphatic rings. The largest absolute Gasteiger partial charge is 0.478 e. The number of allylic oxidation sites excluding steroid dienone is 1. The summed E-state index contributed by atoms with van der Waals surface area (Å²) in [4.78, 5) is 21.1. The van der Waals surface area contributed by atoms with E-state index in [1.807, 2.05) is 18.5 Å². The van der Waals surface area contributed by atoms with Gasteiger partial charge in [-0.05, 0) is 74.3 Å². The summed E-state index contributed by atoms with van der Waals surface area (Å²) in [5, 5.41) is 9.81. The number of benzene rings is 1. The van der Waals surface area contributed by atoms with Crippen molar-refractivity contribution >= 4 is 5.97 Å². The molecule has 1 N–H and O–H groups in total. The number of carbonyl (C=O) groups is 1. The van der Waals surface area contributed by atoms with E-state index in [9.17, 15) is 9.90 Å². The Morgan fingerprint density at radius 3 is 2.11 bits per heavy atom. The van der Waals surface area contributed by atoms with E-state index in [-0.39, 0.29) is 5.92 Å². The number of hydrogen-bond acceptors (Lipinski definition) is 3. The molecule has 0 aliphatic heterocycles. The molecule has 0 saturated heterocycles. The van der Waals surface area contributed by atoms with E-state index in [0.717, 1.165) is 56.3 Å². The fourth-order valence-corrected chi connectivity index (χ4v) is 5.47. The summed E-state index contributed by atoms with van der Waals surface area (Å²) in [6.45, 7) is 4.45. The first-order chi connectivity index (χ1) is 17.6. The molecule has 0 atom stereocenters. The first kappa shape index (κ1) is 28.1. The molecule has 1 saturated carbocycles. The van der Waals surface area contributed by atoms with Gasteiger partial charge in [0.2, 0.25) is 0 Å². The molecule has 1 aromatic heterocycles. The highest BCUT2D eigenvalue weighted by Gasteiger charge is 2.27. The van der Waals surface area contributed by atoms with Crippen LogP contribution in [0, 0.1) is 5.92 Å². The summed E-state index contributed by atoms with van der Waals surface area (Å²) < 4.78 is 0. The maximum atomic E-state index is 11.9. The summed E-state index contributed by atoms with van der Waals surface area (Å²) in [7, 11) is 0. The molecule has 0 spiro atoms. The average Bonchev–Trinajstić information content (AvgIpc) is 2.91. The number of aliphatic carboxylic acids is 1. The maximum Gasteiger partial charge on any atom is 0.331 e. The summed E-state index contributed by atoms with van der Waals surface area (Å²) in [6.07, 6.45) is 23.0. The van der Waals surface area contributed by atoms with Crippen molar-refractivity contribution in [3.63, 3.8) is 0 Å². The summed E-state index contributed by atoms with van der Waals surface area (Å²) in [6, 6.07) is 8.70. The smallest absolute Gasteiger partial charge is 0.331 e. The Bertz CT molecular complexity index is 926. The van der Waals surface area contributed by atoms with E-state index in [1.54, 1.807) is 0 Å². The maximum absolute atomic E-state index is 11.9. The molecule has 0 bridgehead atoms. The first-order valence-corrected chi connectivity index (χ1v) is 14.5. The van der Waals surface area contributed by atoms with Gasteiger partial charge < -0.3 is 5.11 Å². The zero-order valence-electron chi connectivity index (χ0n) is 22.6. The molecule has 4 heteroatoms. The van der Waals surface area contributed by atoms with Gasteiger partial charge >= 0.3 is 5.97 Å². The molecular weight excluding hydrogens is 444 g/mol. The predicted molar refractivity (Wildman–Crippen MR) is 149 cm³/mol. The lowest BCUT2D eigenvalue weighted by Gasteiger charge is -2.29. The summed E-state index contributed by atoms with van der Waals surface area (Å²) >= 11 is 0. The molecule has 3 rings (SSSR count). The number of hydrogen-bond donors (Lipinski definition) is 1. The van der Waals surface area contributed by atoms with Gasteiger partial charge in [0.1, 0.15) is 0 Å². The Morgan fingerprint density at radius 1 is 0.861 bits per heavy atom. The van der Waals surface area contributed by atoms with Gasteiger partial charge in [0.05, 0.1) is 0 Å². The van der Waals surface area contributed by atoms with E-state index >= 15 is 0 Å². The van der Waals surface area contributed by atoms with Crippen LogP contribution in [0.2, 0.25) is 0 Å². The lowest BCUT2D eigenvalue weighted by atomic mass is 9.75. The van der Waals surface area contributed by atoms with Crippen LogP contribution in [0.15, 0.2) is 48.3 Å². The Kier molecular flexibility index (Phi) is 12.2. The van der Waals surface area contributed by atoms with Gasteiger partial charge in [-0.2, -0.15) is 0 Å². The number of unbranched alkanes of at least 4 members (excludes halogenated alkanes) is 8. The van der Waals surface area contributed by atoms with Gasteiger partial charge in [0, 0.05) is 23.5 Å². The van der Waals surface area contributed by atoms with Crippen LogP contribution in [-0.2, 0) is 11.2 Å². The van der Waals surface area contributed by atoms with Gasteiger partial charge in [0.25, 0.3) is 0 Å². The van der Waals surface area contributed by atoms with E-state index in [0.29, 0.717) is 11.5 Å². The van der Waals surface area contributed by atoms with Crippen LogP contribution in [0.4, 0.5) is 0 Å². The number of aromatic nitrogens is 2. The molecular formula is C32H46N2O2. The van der Waals surface area contributed by atoms with E-state index in [2.05, 4.69) is 48.1 Å². The predicted octanol–water partition coefficient (Wildman–Crippen LogP) is 8.91. The molecule has 1 aliphatic carbocycles. The molecule has 196 valence electrons. The minimum absolute atomic E-state index is 0.197. The lowest BCUT2D eigenvalue weighted by Crippen LogP contribution is -2.19. The van der Waals surface area contributed by atoms with Crippen molar-refractivity contribution in [2.45, 2.75) is 116 Å². The first-order valence-electron chi connectivity index (χ1n) is 14.5. The van der Waals surface area contributed by atoms with E-state index < -0.39 is 5.97 Å². The van der Waals surface area contributed by atoms with Gasteiger partial charge in [-0.3, -0.25) is 0 Å². The van der Waals surface area contributed by atoms with Gasteiger partial charge in [-0.15, -0.1) is 0 Å². The van der Waals surface area contributed by atoms with Crippen molar-refractivity contribution in [1.29, 1.82) is 0 Å². The second-order valence-electron chi connectivity index (χ2n) is 10.6. The van der Waals surface area contributed by atoms with Crippen molar-refractivity contribution in [1.82, 2.24) is 9.97 Å². The molecule has 4 nitrogen and oxygen atoms in total. The fraction of sp³-hybridized carbons (Fsp3) is 0.594. The van der Waals surface area contributed by atoms with Gasteiger partial charge in [-0.25, -0.2) is 14.8 Å².